The summed E-state index contributed by atoms with van der Waals surface area (Å²) in [4.78, 5) is 36.1. The molecule has 148 valence electrons. The van der Waals surface area contributed by atoms with E-state index in [9.17, 15) is 14.4 Å². The van der Waals surface area contributed by atoms with Crippen molar-refractivity contribution in [3.8, 4) is 0 Å². The van der Waals surface area contributed by atoms with Crippen LogP contribution in [0.3, 0.4) is 0 Å². The van der Waals surface area contributed by atoms with Crippen molar-refractivity contribution < 1.29 is 14.4 Å². The molecule has 0 radical (unpaired) electrons. The topological polar surface area (TPSA) is 99.3 Å². The second-order valence-electron chi connectivity index (χ2n) is 7.46. The van der Waals surface area contributed by atoms with Gasteiger partial charge in [0, 0.05) is 22.5 Å². The van der Waals surface area contributed by atoms with Crippen LogP contribution in [0.25, 0.3) is 0 Å². The predicted octanol–water partition coefficient (Wildman–Crippen LogP) is 3.82. The minimum absolute atomic E-state index is 0.0783. The summed E-state index contributed by atoms with van der Waals surface area (Å²) in [6, 6.07) is 14.7. The number of para-hydroxylation sites is 1. The van der Waals surface area contributed by atoms with Crippen molar-refractivity contribution in [3.63, 3.8) is 0 Å². The normalized spacial score (nSPS) is 11.9. The SMILES string of the molecule is CC(Nc1ccc(NC(=O)C(C)(C)C)cc1)C(=O)NC(=O)Nc1ccccc1. The summed E-state index contributed by atoms with van der Waals surface area (Å²) >= 11 is 0. The number of nitrogens with one attached hydrogen (secondary N) is 4. The number of rotatable bonds is 5. The van der Waals surface area contributed by atoms with Crippen molar-refractivity contribution in [2.45, 2.75) is 33.7 Å². The Morgan fingerprint density at radius 2 is 1.32 bits per heavy atom. The molecule has 1 unspecified atom stereocenters. The van der Waals surface area contributed by atoms with Crippen LogP contribution in [0.1, 0.15) is 27.7 Å². The summed E-state index contributed by atoms with van der Waals surface area (Å²) in [7, 11) is 0. The Balaban J connectivity index is 1.86. The first-order chi connectivity index (χ1) is 13.1. The molecule has 7 nitrogen and oxygen atoms in total. The number of benzene rings is 2. The number of hydrogen-bond donors (Lipinski definition) is 4. The van der Waals surface area contributed by atoms with Gasteiger partial charge in [-0.05, 0) is 43.3 Å². The first kappa shape index (κ1) is 21.0. The highest BCUT2D eigenvalue weighted by molar-refractivity contribution is 6.03. The first-order valence-corrected chi connectivity index (χ1v) is 9.00. The quantitative estimate of drug-likeness (QED) is 0.632. The van der Waals surface area contributed by atoms with Gasteiger partial charge in [0.1, 0.15) is 6.04 Å². The van der Waals surface area contributed by atoms with Gasteiger partial charge in [-0.25, -0.2) is 4.79 Å². The highest BCUT2D eigenvalue weighted by atomic mass is 16.2. The zero-order valence-corrected chi connectivity index (χ0v) is 16.5. The molecule has 0 saturated carbocycles. The van der Waals surface area contributed by atoms with Gasteiger partial charge >= 0.3 is 6.03 Å². The molecule has 4 amide bonds. The molecule has 28 heavy (non-hydrogen) atoms. The number of carbonyl (C=O) groups excluding carboxylic acids is 3. The standard InChI is InChI=1S/C21H26N4O3/c1-14(18(26)25-20(28)24-15-8-6-5-7-9-15)22-16-10-12-17(13-11-16)23-19(27)21(2,3)4/h5-14,22H,1-4H3,(H,23,27)(H2,24,25,26,28). The molecule has 0 aliphatic rings. The van der Waals surface area contributed by atoms with E-state index in [-0.39, 0.29) is 5.91 Å². The predicted molar refractivity (Wildman–Crippen MR) is 111 cm³/mol. The van der Waals surface area contributed by atoms with Crippen LogP contribution in [-0.4, -0.2) is 23.9 Å². The Hall–Kier alpha value is -3.35. The summed E-state index contributed by atoms with van der Waals surface area (Å²) in [6.45, 7) is 7.17. The fourth-order valence-corrected chi connectivity index (χ4v) is 2.19. The summed E-state index contributed by atoms with van der Waals surface area (Å²) in [5.74, 6) is -0.538. The summed E-state index contributed by atoms with van der Waals surface area (Å²) in [6.07, 6.45) is 0. The highest BCUT2D eigenvalue weighted by Crippen LogP contribution is 2.19. The van der Waals surface area contributed by atoms with Crippen LogP contribution in [0.2, 0.25) is 0 Å². The molecule has 0 aromatic heterocycles. The maximum absolute atomic E-state index is 12.2. The van der Waals surface area contributed by atoms with E-state index in [1.807, 2.05) is 26.8 Å². The lowest BCUT2D eigenvalue weighted by molar-refractivity contribution is -0.123. The van der Waals surface area contributed by atoms with Gasteiger partial charge in [-0.2, -0.15) is 0 Å². The second-order valence-corrected chi connectivity index (χ2v) is 7.46. The van der Waals surface area contributed by atoms with Crippen LogP contribution < -0.4 is 21.3 Å². The summed E-state index contributed by atoms with van der Waals surface area (Å²) in [5, 5.41) is 10.7. The molecule has 0 spiro atoms. The number of imide groups is 1. The zero-order valence-electron chi connectivity index (χ0n) is 16.5. The maximum Gasteiger partial charge on any atom is 0.325 e. The van der Waals surface area contributed by atoms with Gasteiger partial charge in [-0.15, -0.1) is 0 Å². The maximum atomic E-state index is 12.2. The van der Waals surface area contributed by atoms with E-state index in [4.69, 9.17) is 0 Å². The van der Waals surface area contributed by atoms with Crippen LogP contribution in [0.5, 0.6) is 0 Å². The molecule has 0 heterocycles. The van der Waals surface area contributed by atoms with E-state index in [2.05, 4.69) is 21.3 Å². The van der Waals surface area contributed by atoms with Crippen molar-refractivity contribution in [1.29, 1.82) is 0 Å². The minimum atomic E-state index is -0.628. The smallest absolute Gasteiger partial charge is 0.325 e. The van der Waals surface area contributed by atoms with Crippen molar-refractivity contribution in [2.75, 3.05) is 16.0 Å². The first-order valence-electron chi connectivity index (χ1n) is 9.00. The Kier molecular flexibility index (Phi) is 6.76. The van der Waals surface area contributed by atoms with E-state index in [0.29, 0.717) is 17.1 Å². The van der Waals surface area contributed by atoms with Crippen molar-refractivity contribution in [2.24, 2.45) is 5.41 Å². The molecular formula is C21H26N4O3. The van der Waals surface area contributed by atoms with Crippen LogP contribution >= 0.6 is 0 Å². The summed E-state index contributed by atoms with van der Waals surface area (Å²) < 4.78 is 0. The average Bonchev–Trinajstić information content (AvgIpc) is 2.63. The lowest BCUT2D eigenvalue weighted by Crippen LogP contribution is -2.42. The van der Waals surface area contributed by atoms with E-state index in [1.54, 1.807) is 55.5 Å². The number of hydrogen-bond acceptors (Lipinski definition) is 4. The Morgan fingerprint density at radius 1 is 0.786 bits per heavy atom. The summed E-state index contributed by atoms with van der Waals surface area (Å²) in [5.41, 5.74) is 1.48. The van der Waals surface area contributed by atoms with Crippen molar-refractivity contribution in [3.05, 3.63) is 54.6 Å². The van der Waals surface area contributed by atoms with E-state index in [1.165, 1.54) is 0 Å². The van der Waals surface area contributed by atoms with Crippen LogP contribution in [-0.2, 0) is 9.59 Å². The number of anilines is 3. The van der Waals surface area contributed by atoms with Gasteiger partial charge in [-0.1, -0.05) is 39.0 Å². The molecule has 4 N–H and O–H groups in total. The fourth-order valence-electron chi connectivity index (χ4n) is 2.19. The Labute approximate surface area is 164 Å². The highest BCUT2D eigenvalue weighted by Gasteiger charge is 2.21. The Morgan fingerprint density at radius 3 is 1.89 bits per heavy atom. The molecule has 0 saturated heterocycles. The van der Waals surface area contributed by atoms with Crippen molar-refractivity contribution >= 4 is 34.9 Å². The molecule has 1 atom stereocenters. The molecule has 0 aliphatic carbocycles. The van der Waals surface area contributed by atoms with Crippen LogP contribution in [0.4, 0.5) is 21.9 Å². The third-order valence-electron chi connectivity index (χ3n) is 3.87. The van der Waals surface area contributed by atoms with Crippen LogP contribution in [0.15, 0.2) is 54.6 Å². The molecule has 2 aromatic rings. The number of carbonyl (C=O) groups is 3. The molecule has 7 heteroatoms. The van der Waals surface area contributed by atoms with Gasteiger partial charge < -0.3 is 16.0 Å². The average molecular weight is 382 g/mol. The van der Waals surface area contributed by atoms with E-state index >= 15 is 0 Å². The van der Waals surface area contributed by atoms with E-state index in [0.717, 1.165) is 0 Å². The largest absolute Gasteiger partial charge is 0.374 e. The van der Waals surface area contributed by atoms with Gasteiger partial charge in [0.15, 0.2) is 0 Å². The third kappa shape index (κ3) is 6.42. The zero-order chi connectivity index (χ0) is 20.7. The molecule has 2 aromatic carbocycles. The number of urea groups is 1. The molecule has 0 aliphatic heterocycles. The lowest BCUT2D eigenvalue weighted by atomic mass is 9.95. The van der Waals surface area contributed by atoms with Gasteiger partial charge in [0.2, 0.25) is 11.8 Å². The van der Waals surface area contributed by atoms with Crippen LogP contribution in [0, 0.1) is 5.41 Å². The second kappa shape index (κ2) is 9.03. The molecular weight excluding hydrogens is 356 g/mol. The van der Waals surface area contributed by atoms with E-state index < -0.39 is 23.4 Å². The van der Waals surface area contributed by atoms with Gasteiger partial charge in [0.25, 0.3) is 0 Å². The monoisotopic (exact) mass is 382 g/mol. The fraction of sp³-hybridized carbons (Fsp3) is 0.286. The molecule has 2 rings (SSSR count). The third-order valence-corrected chi connectivity index (χ3v) is 3.87. The molecule has 0 bridgehead atoms. The number of amides is 4. The minimum Gasteiger partial charge on any atom is -0.374 e. The lowest BCUT2D eigenvalue weighted by Gasteiger charge is -2.18. The van der Waals surface area contributed by atoms with Gasteiger partial charge in [0.05, 0.1) is 0 Å². The van der Waals surface area contributed by atoms with Crippen molar-refractivity contribution in [1.82, 2.24) is 5.32 Å². The molecule has 0 fully saturated rings. The van der Waals surface area contributed by atoms with Gasteiger partial charge in [-0.3, -0.25) is 14.9 Å². The Bertz CT molecular complexity index is 827.